The first kappa shape index (κ1) is 15.3. The first-order chi connectivity index (χ1) is 7.94. The third-order valence-electron chi connectivity index (χ3n) is 3.85. The van der Waals surface area contributed by atoms with Gasteiger partial charge in [-0.1, -0.05) is 20.8 Å². The van der Waals surface area contributed by atoms with E-state index >= 15 is 0 Å². The molecule has 0 radical (unpaired) electrons. The SMILES string of the molecule is CCC(C)N(C)CCNC1CSCC(C)(C)C1. The minimum Gasteiger partial charge on any atom is -0.312 e. The fourth-order valence-corrected chi connectivity index (χ4v) is 3.68. The molecule has 0 spiro atoms. The Kier molecular flexibility index (Phi) is 6.32. The molecule has 102 valence electrons. The molecule has 0 saturated carbocycles. The summed E-state index contributed by atoms with van der Waals surface area (Å²) in [6.45, 7) is 11.6. The van der Waals surface area contributed by atoms with Gasteiger partial charge in [0.1, 0.15) is 0 Å². The van der Waals surface area contributed by atoms with Crippen LogP contribution >= 0.6 is 11.8 Å². The van der Waals surface area contributed by atoms with Crippen LogP contribution < -0.4 is 5.32 Å². The molecule has 1 fully saturated rings. The van der Waals surface area contributed by atoms with Crippen molar-refractivity contribution in [2.75, 3.05) is 31.6 Å². The summed E-state index contributed by atoms with van der Waals surface area (Å²) in [6.07, 6.45) is 2.57. The first-order valence-electron chi connectivity index (χ1n) is 6.96. The zero-order valence-electron chi connectivity index (χ0n) is 12.3. The smallest absolute Gasteiger partial charge is 0.0164 e. The number of nitrogens with zero attached hydrogens (tertiary/aromatic N) is 1. The van der Waals surface area contributed by atoms with Crippen molar-refractivity contribution in [3.63, 3.8) is 0 Å². The Morgan fingerprint density at radius 3 is 2.76 bits per heavy atom. The average Bonchev–Trinajstić information content (AvgIpc) is 2.26. The summed E-state index contributed by atoms with van der Waals surface area (Å²) in [6, 6.07) is 1.42. The summed E-state index contributed by atoms with van der Waals surface area (Å²) >= 11 is 2.10. The zero-order valence-corrected chi connectivity index (χ0v) is 13.1. The fourth-order valence-electron chi connectivity index (χ4n) is 2.37. The Bertz CT molecular complexity index is 218. The highest BCUT2D eigenvalue weighted by Gasteiger charge is 2.27. The van der Waals surface area contributed by atoms with Gasteiger partial charge in [-0.15, -0.1) is 0 Å². The maximum Gasteiger partial charge on any atom is 0.0164 e. The number of rotatable bonds is 6. The van der Waals surface area contributed by atoms with E-state index in [-0.39, 0.29) is 0 Å². The Hall–Kier alpha value is 0.270. The molecule has 17 heavy (non-hydrogen) atoms. The summed E-state index contributed by atoms with van der Waals surface area (Å²) in [7, 11) is 2.23. The Balaban J connectivity index is 2.18. The van der Waals surface area contributed by atoms with Crippen LogP contribution in [0.15, 0.2) is 0 Å². The molecule has 2 nitrogen and oxygen atoms in total. The molecular formula is C14H30N2S. The molecule has 0 aliphatic carbocycles. The van der Waals surface area contributed by atoms with E-state index < -0.39 is 0 Å². The van der Waals surface area contributed by atoms with Crippen LogP contribution in [0.4, 0.5) is 0 Å². The molecule has 2 atom stereocenters. The minimum absolute atomic E-state index is 0.517. The van der Waals surface area contributed by atoms with Gasteiger partial charge >= 0.3 is 0 Å². The number of likely N-dealkylation sites (N-methyl/N-ethyl adjacent to an activating group) is 1. The Morgan fingerprint density at radius 1 is 1.47 bits per heavy atom. The van der Waals surface area contributed by atoms with Crippen molar-refractivity contribution < 1.29 is 0 Å². The highest BCUT2D eigenvalue weighted by Crippen LogP contribution is 2.33. The van der Waals surface area contributed by atoms with E-state index in [0.29, 0.717) is 17.5 Å². The van der Waals surface area contributed by atoms with Crippen LogP contribution in [0.2, 0.25) is 0 Å². The van der Waals surface area contributed by atoms with Gasteiger partial charge in [0.25, 0.3) is 0 Å². The summed E-state index contributed by atoms with van der Waals surface area (Å²) < 4.78 is 0. The van der Waals surface area contributed by atoms with Gasteiger partial charge in [0.15, 0.2) is 0 Å². The van der Waals surface area contributed by atoms with E-state index in [9.17, 15) is 0 Å². The maximum atomic E-state index is 3.72. The molecule has 1 aliphatic rings. The van der Waals surface area contributed by atoms with Gasteiger partial charge in [-0.05, 0) is 38.0 Å². The molecule has 3 heteroatoms. The topological polar surface area (TPSA) is 15.3 Å². The van der Waals surface area contributed by atoms with Crippen LogP contribution in [0.25, 0.3) is 0 Å². The molecule has 1 aliphatic heterocycles. The lowest BCUT2D eigenvalue weighted by molar-refractivity contribution is 0.241. The minimum atomic E-state index is 0.517. The molecule has 0 aromatic rings. The van der Waals surface area contributed by atoms with Gasteiger partial charge in [-0.2, -0.15) is 11.8 Å². The first-order valence-corrected chi connectivity index (χ1v) is 8.11. The number of thioether (sulfide) groups is 1. The number of nitrogens with one attached hydrogen (secondary N) is 1. The van der Waals surface area contributed by atoms with Crippen LogP contribution in [-0.4, -0.2) is 48.6 Å². The molecule has 1 heterocycles. The van der Waals surface area contributed by atoms with Crippen molar-refractivity contribution in [1.82, 2.24) is 10.2 Å². The van der Waals surface area contributed by atoms with Crippen LogP contribution in [0, 0.1) is 5.41 Å². The van der Waals surface area contributed by atoms with Crippen molar-refractivity contribution in [3.05, 3.63) is 0 Å². The van der Waals surface area contributed by atoms with E-state index in [1.54, 1.807) is 0 Å². The van der Waals surface area contributed by atoms with Crippen molar-refractivity contribution >= 4 is 11.8 Å². The highest BCUT2D eigenvalue weighted by atomic mass is 32.2. The monoisotopic (exact) mass is 258 g/mol. The van der Waals surface area contributed by atoms with Gasteiger partial charge < -0.3 is 10.2 Å². The van der Waals surface area contributed by atoms with E-state index in [4.69, 9.17) is 0 Å². The molecule has 0 bridgehead atoms. The summed E-state index contributed by atoms with van der Waals surface area (Å²) in [4.78, 5) is 2.45. The normalized spacial score (nSPS) is 26.1. The fraction of sp³-hybridized carbons (Fsp3) is 1.00. The van der Waals surface area contributed by atoms with E-state index in [2.05, 4.69) is 56.7 Å². The second-order valence-electron chi connectivity index (χ2n) is 6.27. The number of hydrogen-bond donors (Lipinski definition) is 1. The molecular weight excluding hydrogens is 228 g/mol. The third kappa shape index (κ3) is 5.62. The van der Waals surface area contributed by atoms with E-state index in [1.807, 2.05) is 0 Å². The third-order valence-corrected chi connectivity index (χ3v) is 5.48. The van der Waals surface area contributed by atoms with E-state index in [1.165, 1.54) is 24.3 Å². The zero-order chi connectivity index (χ0) is 12.9. The Morgan fingerprint density at radius 2 is 2.18 bits per heavy atom. The molecule has 2 unspecified atom stereocenters. The van der Waals surface area contributed by atoms with Crippen molar-refractivity contribution in [3.8, 4) is 0 Å². The lowest BCUT2D eigenvalue weighted by atomic mass is 9.88. The van der Waals surface area contributed by atoms with Gasteiger partial charge in [-0.25, -0.2) is 0 Å². The quantitative estimate of drug-likeness (QED) is 0.789. The van der Waals surface area contributed by atoms with Crippen molar-refractivity contribution in [1.29, 1.82) is 0 Å². The summed E-state index contributed by atoms with van der Waals surface area (Å²) in [5, 5.41) is 3.72. The molecule has 0 amide bonds. The van der Waals surface area contributed by atoms with Crippen LogP contribution in [0.5, 0.6) is 0 Å². The second-order valence-corrected chi connectivity index (χ2v) is 7.30. The summed E-state index contributed by atoms with van der Waals surface area (Å²) in [5.41, 5.74) is 0.517. The largest absolute Gasteiger partial charge is 0.312 e. The van der Waals surface area contributed by atoms with Gasteiger partial charge in [0.05, 0.1) is 0 Å². The van der Waals surface area contributed by atoms with Crippen molar-refractivity contribution in [2.24, 2.45) is 5.41 Å². The Labute approximate surface area is 112 Å². The number of hydrogen-bond acceptors (Lipinski definition) is 3. The standard InChI is InChI=1S/C14H30N2S/c1-6-12(2)16(5)8-7-15-13-9-14(3,4)11-17-10-13/h12-13,15H,6-11H2,1-5H3. The molecule has 1 rings (SSSR count). The van der Waals surface area contributed by atoms with Crippen molar-refractivity contribution in [2.45, 2.75) is 52.6 Å². The maximum absolute atomic E-state index is 3.72. The van der Waals surface area contributed by atoms with Crippen LogP contribution in [-0.2, 0) is 0 Å². The lowest BCUT2D eigenvalue weighted by Crippen LogP contribution is -2.44. The predicted molar refractivity (Wildman–Crippen MR) is 79.9 cm³/mol. The van der Waals surface area contributed by atoms with Gasteiger partial charge in [0.2, 0.25) is 0 Å². The summed E-state index contributed by atoms with van der Waals surface area (Å²) in [5.74, 6) is 2.61. The highest BCUT2D eigenvalue weighted by molar-refractivity contribution is 7.99. The molecule has 0 aromatic heterocycles. The predicted octanol–water partition coefficient (Wildman–Crippen LogP) is 2.84. The lowest BCUT2D eigenvalue weighted by Gasteiger charge is -2.35. The van der Waals surface area contributed by atoms with Crippen LogP contribution in [0.1, 0.15) is 40.5 Å². The van der Waals surface area contributed by atoms with Crippen LogP contribution in [0.3, 0.4) is 0 Å². The van der Waals surface area contributed by atoms with E-state index in [0.717, 1.165) is 13.1 Å². The van der Waals surface area contributed by atoms with Gasteiger partial charge in [-0.3, -0.25) is 0 Å². The second kappa shape index (κ2) is 7.01. The molecule has 1 N–H and O–H groups in total. The molecule has 1 saturated heterocycles. The van der Waals surface area contributed by atoms with Gasteiger partial charge in [0, 0.05) is 30.9 Å². The average molecular weight is 258 g/mol. The molecule has 0 aromatic carbocycles.